The first-order valence-corrected chi connectivity index (χ1v) is 7.71. The number of hydrogen-bond donors (Lipinski definition) is 2. The van der Waals surface area contributed by atoms with Crippen LogP contribution in [-0.4, -0.2) is 18.6 Å². The third kappa shape index (κ3) is 3.79. The average molecular weight is 308 g/mol. The molecule has 1 aromatic heterocycles. The molecule has 3 aromatic rings. The number of pyridine rings is 1. The van der Waals surface area contributed by atoms with Crippen molar-refractivity contribution in [3.8, 4) is 5.75 Å². The highest BCUT2D eigenvalue weighted by atomic mass is 16.5. The largest absolute Gasteiger partial charge is 0.496 e. The van der Waals surface area contributed by atoms with Crippen molar-refractivity contribution in [1.29, 1.82) is 0 Å². The van der Waals surface area contributed by atoms with Crippen LogP contribution in [0.4, 0.5) is 0 Å². The van der Waals surface area contributed by atoms with Crippen LogP contribution in [0, 0.1) is 0 Å². The van der Waals surface area contributed by atoms with Gasteiger partial charge in [0.25, 0.3) is 0 Å². The van der Waals surface area contributed by atoms with E-state index in [0.717, 1.165) is 41.7 Å². The molecule has 0 fully saturated rings. The third-order valence-corrected chi connectivity index (χ3v) is 3.89. The van der Waals surface area contributed by atoms with Crippen LogP contribution >= 0.6 is 0 Å². The average Bonchev–Trinajstić information content (AvgIpc) is 2.58. The van der Waals surface area contributed by atoms with Gasteiger partial charge in [0.2, 0.25) is 5.56 Å². The Labute approximate surface area is 135 Å². The molecule has 0 unspecified atom stereocenters. The Morgan fingerprint density at radius 1 is 1.09 bits per heavy atom. The Bertz CT molecular complexity index is 855. The van der Waals surface area contributed by atoms with Crippen molar-refractivity contribution in [2.45, 2.75) is 13.0 Å². The number of aromatic nitrogens is 1. The van der Waals surface area contributed by atoms with Crippen molar-refractivity contribution in [2.24, 2.45) is 0 Å². The molecule has 4 nitrogen and oxygen atoms in total. The van der Waals surface area contributed by atoms with Crippen LogP contribution in [-0.2, 0) is 13.0 Å². The van der Waals surface area contributed by atoms with Gasteiger partial charge in [-0.2, -0.15) is 0 Å². The molecule has 3 rings (SSSR count). The summed E-state index contributed by atoms with van der Waals surface area (Å²) in [4.78, 5) is 14.3. The zero-order valence-electron chi connectivity index (χ0n) is 13.1. The van der Waals surface area contributed by atoms with Crippen molar-refractivity contribution in [1.82, 2.24) is 10.3 Å². The molecule has 0 aliphatic rings. The fourth-order valence-corrected chi connectivity index (χ4v) is 2.66. The summed E-state index contributed by atoms with van der Waals surface area (Å²) in [6.45, 7) is 1.63. The maximum absolute atomic E-state index is 11.4. The van der Waals surface area contributed by atoms with Crippen molar-refractivity contribution >= 4 is 10.9 Å². The first-order chi connectivity index (χ1) is 11.3. The molecule has 118 valence electrons. The molecule has 0 bridgehead atoms. The van der Waals surface area contributed by atoms with Gasteiger partial charge in [-0.15, -0.1) is 0 Å². The van der Waals surface area contributed by atoms with Crippen LogP contribution in [0.1, 0.15) is 11.1 Å². The van der Waals surface area contributed by atoms with Crippen LogP contribution in [0.25, 0.3) is 10.9 Å². The van der Waals surface area contributed by atoms with Crippen LogP contribution in [0.5, 0.6) is 5.75 Å². The molecule has 0 spiro atoms. The molecule has 0 atom stereocenters. The molecule has 1 heterocycles. The molecular weight excluding hydrogens is 288 g/mol. The van der Waals surface area contributed by atoms with Gasteiger partial charge < -0.3 is 15.0 Å². The summed E-state index contributed by atoms with van der Waals surface area (Å²) in [6, 6.07) is 17.6. The Kier molecular flexibility index (Phi) is 4.74. The molecule has 0 radical (unpaired) electrons. The predicted molar refractivity (Wildman–Crippen MR) is 93.0 cm³/mol. The van der Waals surface area contributed by atoms with Gasteiger partial charge in [0.05, 0.1) is 7.11 Å². The maximum atomic E-state index is 11.4. The number of hydrogen-bond acceptors (Lipinski definition) is 3. The van der Waals surface area contributed by atoms with Crippen LogP contribution < -0.4 is 15.6 Å². The van der Waals surface area contributed by atoms with Crippen molar-refractivity contribution < 1.29 is 4.74 Å². The minimum atomic E-state index is -0.0658. The van der Waals surface area contributed by atoms with Crippen LogP contribution in [0.3, 0.4) is 0 Å². The van der Waals surface area contributed by atoms with Gasteiger partial charge in [0, 0.05) is 23.7 Å². The molecule has 23 heavy (non-hydrogen) atoms. The van der Waals surface area contributed by atoms with Crippen molar-refractivity contribution in [2.75, 3.05) is 13.7 Å². The molecule has 2 aromatic carbocycles. The number of para-hydroxylation sites is 1. The fourth-order valence-electron chi connectivity index (χ4n) is 2.66. The highest BCUT2D eigenvalue weighted by Gasteiger charge is 2.01. The van der Waals surface area contributed by atoms with E-state index in [0.29, 0.717) is 0 Å². The lowest BCUT2D eigenvalue weighted by Gasteiger charge is -2.09. The second-order valence-corrected chi connectivity index (χ2v) is 5.48. The van der Waals surface area contributed by atoms with Gasteiger partial charge in [-0.25, -0.2) is 0 Å². The van der Waals surface area contributed by atoms with Gasteiger partial charge >= 0.3 is 0 Å². The second kappa shape index (κ2) is 7.11. The minimum Gasteiger partial charge on any atom is -0.496 e. The SMILES string of the molecule is COc1ccccc1CNCCc1ccc2ccc(=O)[nH]c2c1. The lowest BCUT2D eigenvalue weighted by Crippen LogP contribution is -2.17. The number of aromatic amines is 1. The summed E-state index contributed by atoms with van der Waals surface area (Å²) < 4.78 is 5.35. The summed E-state index contributed by atoms with van der Waals surface area (Å²) in [5.74, 6) is 0.906. The van der Waals surface area contributed by atoms with E-state index in [9.17, 15) is 4.79 Å². The number of ether oxygens (including phenoxy) is 1. The number of benzene rings is 2. The van der Waals surface area contributed by atoms with E-state index in [1.54, 1.807) is 13.2 Å². The minimum absolute atomic E-state index is 0.0658. The normalized spacial score (nSPS) is 10.8. The van der Waals surface area contributed by atoms with Gasteiger partial charge in [-0.3, -0.25) is 4.79 Å². The van der Waals surface area contributed by atoms with Crippen molar-refractivity contribution in [3.05, 3.63) is 76.1 Å². The number of H-pyrrole nitrogens is 1. The third-order valence-electron chi connectivity index (χ3n) is 3.89. The van der Waals surface area contributed by atoms with Gasteiger partial charge in [0.1, 0.15) is 5.75 Å². The van der Waals surface area contributed by atoms with Gasteiger partial charge in [-0.05, 0) is 42.1 Å². The first-order valence-electron chi connectivity index (χ1n) is 7.71. The highest BCUT2D eigenvalue weighted by Crippen LogP contribution is 2.17. The van der Waals surface area contributed by atoms with E-state index in [1.165, 1.54) is 5.56 Å². The van der Waals surface area contributed by atoms with E-state index in [-0.39, 0.29) is 5.56 Å². The van der Waals surface area contributed by atoms with Crippen LogP contribution in [0.15, 0.2) is 59.4 Å². The lowest BCUT2D eigenvalue weighted by molar-refractivity contribution is 0.408. The smallest absolute Gasteiger partial charge is 0.248 e. The summed E-state index contributed by atoms with van der Waals surface area (Å²) in [7, 11) is 1.69. The molecular formula is C19H20N2O2. The zero-order valence-corrected chi connectivity index (χ0v) is 13.1. The molecule has 0 saturated heterocycles. The molecule has 0 saturated carbocycles. The monoisotopic (exact) mass is 308 g/mol. The summed E-state index contributed by atoms with van der Waals surface area (Å²) in [6.07, 6.45) is 0.905. The number of fused-ring (bicyclic) bond motifs is 1. The van der Waals surface area contributed by atoms with E-state index in [4.69, 9.17) is 4.74 Å². The molecule has 0 aliphatic heterocycles. The molecule has 2 N–H and O–H groups in total. The Morgan fingerprint density at radius 3 is 2.78 bits per heavy atom. The Hall–Kier alpha value is -2.59. The standard InChI is InChI=1S/C19H20N2O2/c1-23-18-5-3-2-4-16(18)13-20-11-10-14-6-7-15-8-9-19(22)21-17(15)12-14/h2-9,12,20H,10-11,13H2,1H3,(H,21,22). The maximum Gasteiger partial charge on any atom is 0.248 e. The topological polar surface area (TPSA) is 54.1 Å². The van der Waals surface area contributed by atoms with Gasteiger partial charge in [-0.1, -0.05) is 30.3 Å². The Balaban J connectivity index is 1.59. The van der Waals surface area contributed by atoms with E-state index < -0.39 is 0 Å². The summed E-state index contributed by atoms with van der Waals surface area (Å²) >= 11 is 0. The second-order valence-electron chi connectivity index (χ2n) is 5.48. The van der Waals surface area contributed by atoms with Crippen LogP contribution in [0.2, 0.25) is 0 Å². The first kappa shape index (κ1) is 15.3. The van der Waals surface area contributed by atoms with E-state index in [2.05, 4.69) is 22.4 Å². The summed E-state index contributed by atoms with van der Waals surface area (Å²) in [5, 5.41) is 4.48. The highest BCUT2D eigenvalue weighted by molar-refractivity contribution is 5.78. The fraction of sp³-hybridized carbons (Fsp3) is 0.211. The zero-order chi connectivity index (χ0) is 16.1. The number of rotatable bonds is 6. The quantitative estimate of drug-likeness (QED) is 0.689. The predicted octanol–water partition coefficient (Wildman–Crippen LogP) is 2.87. The Morgan fingerprint density at radius 2 is 1.91 bits per heavy atom. The van der Waals surface area contributed by atoms with E-state index >= 15 is 0 Å². The van der Waals surface area contributed by atoms with E-state index in [1.807, 2.05) is 36.4 Å². The molecule has 4 heteroatoms. The molecule has 0 aliphatic carbocycles. The van der Waals surface area contributed by atoms with Crippen molar-refractivity contribution in [3.63, 3.8) is 0 Å². The van der Waals surface area contributed by atoms with Gasteiger partial charge in [0.15, 0.2) is 0 Å². The number of methoxy groups -OCH3 is 1. The lowest BCUT2D eigenvalue weighted by atomic mass is 10.1. The molecule has 0 amide bonds. The summed E-state index contributed by atoms with van der Waals surface area (Å²) in [5.41, 5.74) is 3.17. The number of nitrogens with one attached hydrogen (secondary N) is 2.